The third-order valence-corrected chi connectivity index (χ3v) is 2.32. The largest absolute Gasteiger partial charge is 0.285 e. The van der Waals surface area contributed by atoms with Crippen LogP contribution in [0.2, 0.25) is 0 Å². The van der Waals surface area contributed by atoms with E-state index < -0.39 is 0 Å². The van der Waals surface area contributed by atoms with Gasteiger partial charge in [-0.05, 0) is 15.5 Å². The maximum absolute atomic E-state index is 10.5. The van der Waals surface area contributed by atoms with Crippen molar-refractivity contribution < 1.29 is 4.63 Å². The van der Waals surface area contributed by atoms with E-state index in [0.717, 1.165) is 5.56 Å². The van der Waals surface area contributed by atoms with Gasteiger partial charge in [0.1, 0.15) is 5.69 Å². The topological polar surface area (TPSA) is 99.1 Å². The van der Waals surface area contributed by atoms with Crippen molar-refractivity contribution in [1.82, 2.24) is 25.3 Å². The molecule has 0 saturated heterocycles. The van der Waals surface area contributed by atoms with Gasteiger partial charge in [-0.2, -0.15) is 4.68 Å². The third kappa shape index (κ3) is 1.65. The molecule has 2 heterocycles. The summed E-state index contributed by atoms with van der Waals surface area (Å²) in [6.45, 7) is 0. The van der Waals surface area contributed by atoms with Gasteiger partial charge in [0, 0.05) is 5.56 Å². The van der Waals surface area contributed by atoms with Crippen LogP contribution in [0.5, 0.6) is 0 Å². The molecule has 8 heteroatoms. The molecule has 0 radical (unpaired) electrons. The summed E-state index contributed by atoms with van der Waals surface area (Å²) in [5, 5.41) is 17.4. The Balaban J connectivity index is 2.02. The van der Waals surface area contributed by atoms with E-state index in [0.29, 0.717) is 5.69 Å². The summed E-state index contributed by atoms with van der Waals surface area (Å²) in [4.78, 5) is 10.5. The van der Waals surface area contributed by atoms with E-state index in [2.05, 4.69) is 30.4 Å². The molecular weight excluding hydrogens is 236 g/mol. The molecule has 0 atom stereocenters. The van der Waals surface area contributed by atoms with Crippen LogP contribution in [-0.4, -0.2) is 25.3 Å². The first-order valence-corrected chi connectivity index (χ1v) is 5.02. The number of benzene rings is 1. The zero-order valence-electron chi connectivity index (χ0n) is 8.96. The second kappa shape index (κ2) is 4.17. The molecule has 88 valence electrons. The Kier molecular flexibility index (Phi) is 2.38. The van der Waals surface area contributed by atoms with Gasteiger partial charge in [0.05, 0.1) is 6.20 Å². The zero-order chi connectivity index (χ0) is 12.4. The van der Waals surface area contributed by atoms with Gasteiger partial charge in [0.15, 0.2) is 0 Å². The fourth-order valence-corrected chi connectivity index (χ4v) is 1.49. The van der Waals surface area contributed by atoms with Gasteiger partial charge in [-0.3, -0.25) is 0 Å². The van der Waals surface area contributed by atoms with Gasteiger partial charge in [-0.1, -0.05) is 35.5 Å². The van der Waals surface area contributed by atoms with Crippen molar-refractivity contribution >= 4 is 5.82 Å². The van der Waals surface area contributed by atoms with Gasteiger partial charge in [-0.25, -0.2) is 4.63 Å². The van der Waals surface area contributed by atoms with Crippen molar-refractivity contribution in [3.8, 4) is 17.1 Å². The number of hydrogen-bond donors (Lipinski definition) is 0. The molecule has 0 unspecified atom stereocenters. The summed E-state index contributed by atoms with van der Waals surface area (Å²) in [6.07, 6.45) is 1.61. The Morgan fingerprint density at radius 1 is 1.17 bits per heavy atom. The van der Waals surface area contributed by atoms with Crippen molar-refractivity contribution in [2.75, 3.05) is 0 Å². The molecule has 1 aromatic carbocycles. The highest BCUT2D eigenvalue weighted by Crippen LogP contribution is 2.20. The van der Waals surface area contributed by atoms with Crippen LogP contribution in [0, 0.1) is 4.91 Å². The van der Waals surface area contributed by atoms with Crippen molar-refractivity contribution in [1.29, 1.82) is 0 Å². The SMILES string of the molecule is O=Nc1nonc1-n1cc(-c2ccccc2)nn1. The minimum Gasteiger partial charge on any atom is -0.240 e. The molecule has 2 aromatic heterocycles. The van der Waals surface area contributed by atoms with Crippen LogP contribution >= 0.6 is 0 Å². The van der Waals surface area contributed by atoms with Gasteiger partial charge < -0.3 is 0 Å². The lowest BCUT2D eigenvalue weighted by molar-refractivity contribution is 0.306. The molecule has 0 saturated carbocycles. The highest BCUT2D eigenvalue weighted by atomic mass is 16.6. The highest BCUT2D eigenvalue weighted by molar-refractivity contribution is 5.58. The molecule has 8 nitrogen and oxygen atoms in total. The molecule has 3 aromatic rings. The standard InChI is InChI=1S/C10H6N6O2/c17-12-9-10(14-18-13-9)16-6-8(11-15-16)7-4-2-1-3-5-7/h1-6H. The average Bonchev–Trinajstić information content (AvgIpc) is 3.08. The Morgan fingerprint density at radius 3 is 2.78 bits per heavy atom. The van der Waals surface area contributed by atoms with Crippen LogP contribution in [0.25, 0.3) is 17.1 Å². The molecule has 0 N–H and O–H groups in total. The van der Waals surface area contributed by atoms with E-state index in [4.69, 9.17) is 0 Å². The second-order valence-electron chi connectivity index (χ2n) is 3.42. The number of rotatable bonds is 3. The number of aromatic nitrogens is 5. The van der Waals surface area contributed by atoms with Crippen LogP contribution in [0.1, 0.15) is 0 Å². The molecule has 0 aliphatic rings. The zero-order valence-corrected chi connectivity index (χ0v) is 8.96. The number of hydrogen-bond acceptors (Lipinski definition) is 7. The minimum atomic E-state index is -0.167. The molecule has 18 heavy (non-hydrogen) atoms. The Bertz CT molecular complexity index is 675. The van der Waals surface area contributed by atoms with Crippen molar-refractivity contribution in [3.63, 3.8) is 0 Å². The lowest BCUT2D eigenvalue weighted by atomic mass is 10.2. The van der Waals surface area contributed by atoms with E-state index in [1.807, 2.05) is 30.3 Å². The molecular formula is C10H6N6O2. The summed E-state index contributed by atoms with van der Waals surface area (Å²) in [6, 6.07) is 9.49. The summed E-state index contributed by atoms with van der Waals surface area (Å²) >= 11 is 0. The first kappa shape index (κ1) is 10.3. The monoisotopic (exact) mass is 242 g/mol. The second-order valence-corrected chi connectivity index (χ2v) is 3.42. The molecule has 0 fully saturated rings. The number of nitroso groups, excluding NO2 is 1. The molecule has 0 aliphatic carbocycles. The predicted molar refractivity (Wildman–Crippen MR) is 60.1 cm³/mol. The van der Waals surface area contributed by atoms with Crippen molar-refractivity contribution in [3.05, 3.63) is 41.4 Å². The Morgan fingerprint density at radius 2 is 2.00 bits per heavy atom. The Hall–Kier alpha value is -2.90. The van der Waals surface area contributed by atoms with Gasteiger partial charge in [0.2, 0.25) is 5.82 Å². The average molecular weight is 242 g/mol. The Labute approximate surface area is 100 Å². The first-order chi connectivity index (χ1) is 8.88. The quantitative estimate of drug-likeness (QED) is 0.648. The van der Waals surface area contributed by atoms with E-state index >= 15 is 0 Å². The van der Waals surface area contributed by atoms with Crippen LogP contribution in [0.15, 0.2) is 46.3 Å². The summed E-state index contributed by atoms with van der Waals surface area (Å²) < 4.78 is 5.71. The minimum absolute atomic E-state index is 0.111. The lowest BCUT2D eigenvalue weighted by Crippen LogP contribution is -1.95. The van der Waals surface area contributed by atoms with E-state index in [1.165, 1.54) is 4.68 Å². The first-order valence-electron chi connectivity index (χ1n) is 5.02. The van der Waals surface area contributed by atoms with Crippen LogP contribution < -0.4 is 0 Å². The fourth-order valence-electron chi connectivity index (χ4n) is 1.49. The summed E-state index contributed by atoms with van der Waals surface area (Å²) in [7, 11) is 0. The van der Waals surface area contributed by atoms with Crippen LogP contribution in [0.4, 0.5) is 5.82 Å². The van der Waals surface area contributed by atoms with Crippen LogP contribution in [0.3, 0.4) is 0 Å². The predicted octanol–water partition coefficient (Wildman–Crippen LogP) is 1.72. The maximum Gasteiger partial charge on any atom is 0.285 e. The van der Waals surface area contributed by atoms with E-state index in [-0.39, 0.29) is 11.6 Å². The molecule has 0 amide bonds. The summed E-state index contributed by atoms with van der Waals surface area (Å²) in [5.74, 6) is -0.0563. The third-order valence-electron chi connectivity index (χ3n) is 2.32. The molecule has 0 spiro atoms. The van der Waals surface area contributed by atoms with Crippen LogP contribution in [-0.2, 0) is 0 Å². The highest BCUT2D eigenvalue weighted by Gasteiger charge is 2.15. The van der Waals surface area contributed by atoms with Crippen molar-refractivity contribution in [2.45, 2.75) is 0 Å². The normalized spacial score (nSPS) is 10.4. The lowest BCUT2D eigenvalue weighted by Gasteiger charge is -1.92. The molecule has 0 bridgehead atoms. The van der Waals surface area contributed by atoms with E-state index in [9.17, 15) is 4.91 Å². The van der Waals surface area contributed by atoms with Crippen molar-refractivity contribution in [2.24, 2.45) is 5.18 Å². The smallest absolute Gasteiger partial charge is 0.240 e. The summed E-state index contributed by atoms with van der Waals surface area (Å²) in [5.41, 5.74) is 1.55. The van der Waals surface area contributed by atoms with Gasteiger partial charge in [0.25, 0.3) is 5.82 Å². The van der Waals surface area contributed by atoms with Gasteiger partial charge >= 0.3 is 0 Å². The number of nitrogens with zero attached hydrogens (tertiary/aromatic N) is 6. The van der Waals surface area contributed by atoms with E-state index in [1.54, 1.807) is 6.20 Å². The molecule has 0 aliphatic heterocycles. The van der Waals surface area contributed by atoms with Gasteiger partial charge in [-0.15, -0.1) is 10.0 Å². The molecule has 3 rings (SSSR count). The maximum atomic E-state index is 10.5. The fraction of sp³-hybridized carbons (Fsp3) is 0.